The van der Waals surface area contributed by atoms with E-state index in [1.807, 2.05) is 13.8 Å². The van der Waals surface area contributed by atoms with Crippen LogP contribution in [0.15, 0.2) is 11.0 Å². The Morgan fingerprint density at radius 2 is 2.05 bits per heavy atom. The molecule has 6 heteroatoms. The van der Waals surface area contributed by atoms with E-state index in [1.165, 1.54) is 0 Å². The van der Waals surface area contributed by atoms with E-state index in [4.69, 9.17) is 0 Å². The molecule has 1 fully saturated rings. The molecule has 114 valence electrons. The average Bonchev–Trinajstić information content (AvgIpc) is 2.66. The van der Waals surface area contributed by atoms with Crippen LogP contribution in [0, 0.1) is 6.92 Å². The molecule has 0 amide bonds. The van der Waals surface area contributed by atoms with Crippen LogP contribution in [0.4, 0.5) is 0 Å². The summed E-state index contributed by atoms with van der Waals surface area (Å²) in [6.45, 7) is 8.74. The number of nitrogens with one attached hydrogen (secondary N) is 2. The van der Waals surface area contributed by atoms with Crippen molar-refractivity contribution in [1.82, 2.24) is 10.0 Å². The summed E-state index contributed by atoms with van der Waals surface area (Å²) in [5.41, 5.74) is -0.246. The molecule has 0 radical (unpaired) electrons. The van der Waals surface area contributed by atoms with Crippen LogP contribution in [0.3, 0.4) is 0 Å². The smallest absolute Gasteiger partial charge is 0.242 e. The molecule has 1 saturated carbocycles. The summed E-state index contributed by atoms with van der Waals surface area (Å²) in [7, 11) is -3.39. The van der Waals surface area contributed by atoms with Gasteiger partial charge in [0.15, 0.2) is 0 Å². The minimum absolute atomic E-state index is 0.246. The van der Waals surface area contributed by atoms with Gasteiger partial charge in [-0.05, 0) is 39.2 Å². The second kappa shape index (κ2) is 5.75. The van der Waals surface area contributed by atoms with E-state index >= 15 is 0 Å². The van der Waals surface area contributed by atoms with E-state index in [1.54, 1.807) is 17.4 Å². The molecule has 0 unspecified atom stereocenters. The molecule has 4 nitrogen and oxygen atoms in total. The molecule has 1 heterocycles. The maximum Gasteiger partial charge on any atom is 0.242 e. The van der Waals surface area contributed by atoms with Gasteiger partial charge >= 0.3 is 0 Å². The predicted octanol–water partition coefficient (Wildman–Crippen LogP) is 2.78. The fourth-order valence-corrected chi connectivity index (χ4v) is 5.42. The zero-order valence-electron chi connectivity index (χ0n) is 12.6. The second-order valence-electron chi connectivity index (χ2n) is 6.19. The van der Waals surface area contributed by atoms with E-state index in [0.29, 0.717) is 10.9 Å². The minimum Gasteiger partial charge on any atom is -0.310 e. The maximum atomic E-state index is 12.5. The van der Waals surface area contributed by atoms with Crippen molar-refractivity contribution in [2.45, 2.75) is 70.0 Å². The van der Waals surface area contributed by atoms with Crippen molar-refractivity contribution in [2.24, 2.45) is 0 Å². The van der Waals surface area contributed by atoms with Gasteiger partial charge in [0.1, 0.15) is 0 Å². The van der Waals surface area contributed by atoms with Crippen LogP contribution in [-0.2, 0) is 16.6 Å². The van der Waals surface area contributed by atoms with E-state index in [-0.39, 0.29) is 5.54 Å². The quantitative estimate of drug-likeness (QED) is 0.848. The lowest BCUT2D eigenvalue weighted by molar-refractivity contribution is 0.248. The first kappa shape index (κ1) is 15.9. The number of thiophene rings is 1. The van der Waals surface area contributed by atoms with Crippen molar-refractivity contribution in [2.75, 3.05) is 0 Å². The Bertz CT molecular complexity index is 572. The molecule has 0 aliphatic heterocycles. The van der Waals surface area contributed by atoms with Crippen molar-refractivity contribution >= 4 is 21.4 Å². The number of rotatable bonds is 6. The summed E-state index contributed by atoms with van der Waals surface area (Å²) in [6, 6.07) is 2.20. The molecule has 2 rings (SSSR count). The first-order valence-corrected chi connectivity index (χ1v) is 9.38. The predicted molar refractivity (Wildman–Crippen MR) is 83.6 cm³/mol. The number of hydrogen-bond donors (Lipinski definition) is 2. The third-order valence-electron chi connectivity index (χ3n) is 3.74. The SMILES string of the molecule is Cc1sc(CNC(C)C)cc1S(=O)(=O)NC1(C)CCC1. The highest BCUT2D eigenvalue weighted by Gasteiger charge is 2.37. The maximum absolute atomic E-state index is 12.5. The van der Waals surface area contributed by atoms with Gasteiger partial charge in [-0.3, -0.25) is 0 Å². The van der Waals surface area contributed by atoms with Gasteiger partial charge in [-0.2, -0.15) is 0 Å². The lowest BCUT2D eigenvalue weighted by Crippen LogP contribution is -2.50. The lowest BCUT2D eigenvalue weighted by atomic mass is 9.80. The molecule has 0 bridgehead atoms. The standard InChI is InChI=1S/C14H24N2O2S2/c1-10(2)15-9-12-8-13(11(3)19-12)20(17,18)16-14(4)6-5-7-14/h8,10,15-16H,5-7,9H2,1-4H3. The van der Waals surface area contributed by atoms with Gasteiger partial charge in [0.2, 0.25) is 10.0 Å². The molecule has 0 atom stereocenters. The highest BCUT2D eigenvalue weighted by Crippen LogP contribution is 2.34. The van der Waals surface area contributed by atoms with Gasteiger partial charge in [-0.25, -0.2) is 13.1 Å². The first-order chi connectivity index (χ1) is 9.22. The Kier molecular flexibility index (Phi) is 4.59. The van der Waals surface area contributed by atoms with E-state index in [2.05, 4.69) is 23.9 Å². The van der Waals surface area contributed by atoms with E-state index < -0.39 is 10.0 Å². The third-order valence-corrected chi connectivity index (χ3v) is 6.68. The summed E-state index contributed by atoms with van der Waals surface area (Å²) in [6.07, 6.45) is 2.96. The number of aryl methyl sites for hydroxylation is 1. The van der Waals surface area contributed by atoms with Crippen LogP contribution >= 0.6 is 11.3 Å². The molecule has 1 aromatic heterocycles. The zero-order chi connectivity index (χ0) is 15.0. The second-order valence-corrected chi connectivity index (χ2v) is 9.18. The summed E-state index contributed by atoms with van der Waals surface area (Å²) >= 11 is 1.55. The molecular weight excluding hydrogens is 292 g/mol. The van der Waals surface area contributed by atoms with Crippen LogP contribution in [0.25, 0.3) is 0 Å². The first-order valence-electron chi connectivity index (χ1n) is 7.08. The molecule has 20 heavy (non-hydrogen) atoms. The van der Waals surface area contributed by atoms with Crippen LogP contribution in [-0.4, -0.2) is 20.0 Å². The summed E-state index contributed by atoms with van der Waals surface area (Å²) in [4.78, 5) is 2.37. The van der Waals surface area contributed by atoms with Crippen LogP contribution < -0.4 is 10.0 Å². The molecule has 0 aromatic carbocycles. The molecule has 0 saturated heterocycles. The van der Waals surface area contributed by atoms with Crippen molar-refractivity contribution in [3.8, 4) is 0 Å². The third kappa shape index (κ3) is 3.61. The van der Waals surface area contributed by atoms with Gasteiger partial charge in [0, 0.05) is 27.9 Å². The fourth-order valence-electron chi connectivity index (χ4n) is 2.37. The topological polar surface area (TPSA) is 58.2 Å². The Morgan fingerprint density at radius 3 is 2.55 bits per heavy atom. The highest BCUT2D eigenvalue weighted by atomic mass is 32.2. The number of sulfonamides is 1. The molecule has 2 N–H and O–H groups in total. The van der Waals surface area contributed by atoms with Crippen LogP contribution in [0.2, 0.25) is 0 Å². The Labute approximate surface area is 126 Å². The van der Waals surface area contributed by atoms with Gasteiger partial charge in [0.25, 0.3) is 0 Å². The van der Waals surface area contributed by atoms with Crippen molar-refractivity contribution < 1.29 is 8.42 Å². The Balaban J connectivity index is 2.15. The Hall–Kier alpha value is -0.430. The minimum atomic E-state index is -3.39. The largest absolute Gasteiger partial charge is 0.310 e. The average molecular weight is 316 g/mol. The van der Waals surface area contributed by atoms with Gasteiger partial charge in [-0.1, -0.05) is 13.8 Å². The van der Waals surface area contributed by atoms with Crippen molar-refractivity contribution in [1.29, 1.82) is 0 Å². The lowest BCUT2D eigenvalue weighted by Gasteiger charge is -2.38. The molecule has 0 spiro atoms. The fraction of sp³-hybridized carbons (Fsp3) is 0.714. The number of hydrogen-bond acceptors (Lipinski definition) is 4. The molecule has 1 aliphatic carbocycles. The summed E-state index contributed by atoms with van der Waals surface area (Å²) in [5.74, 6) is 0. The zero-order valence-corrected chi connectivity index (χ0v) is 14.2. The van der Waals surface area contributed by atoms with Gasteiger partial charge < -0.3 is 5.32 Å². The van der Waals surface area contributed by atoms with E-state index in [0.717, 1.165) is 35.6 Å². The van der Waals surface area contributed by atoms with Gasteiger partial charge in [0.05, 0.1) is 4.90 Å². The van der Waals surface area contributed by atoms with Crippen LogP contribution in [0.5, 0.6) is 0 Å². The van der Waals surface area contributed by atoms with Crippen molar-refractivity contribution in [3.63, 3.8) is 0 Å². The van der Waals surface area contributed by atoms with E-state index in [9.17, 15) is 8.42 Å². The molecular formula is C14H24N2O2S2. The summed E-state index contributed by atoms with van der Waals surface area (Å²) < 4.78 is 27.8. The van der Waals surface area contributed by atoms with Gasteiger partial charge in [-0.15, -0.1) is 11.3 Å². The monoisotopic (exact) mass is 316 g/mol. The van der Waals surface area contributed by atoms with Crippen molar-refractivity contribution in [3.05, 3.63) is 15.8 Å². The molecule has 1 aliphatic rings. The highest BCUT2D eigenvalue weighted by molar-refractivity contribution is 7.89. The normalized spacial score (nSPS) is 18.2. The summed E-state index contributed by atoms with van der Waals surface area (Å²) in [5, 5.41) is 3.32. The molecule has 1 aromatic rings. The Morgan fingerprint density at radius 1 is 1.40 bits per heavy atom. The van der Waals surface area contributed by atoms with Crippen LogP contribution in [0.1, 0.15) is 49.8 Å².